The average molecular weight is 354 g/mol. The van der Waals surface area contributed by atoms with Gasteiger partial charge in [-0.3, -0.25) is 9.63 Å². The van der Waals surface area contributed by atoms with E-state index in [4.69, 9.17) is 21.2 Å². The minimum atomic E-state index is -0.359. The highest BCUT2D eigenvalue weighted by Crippen LogP contribution is 2.40. The summed E-state index contributed by atoms with van der Waals surface area (Å²) < 4.78 is 5.24. The van der Waals surface area contributed by atoms with E-state index in [1.165, 1.54) is 13.3 Å². The highest BCUT2D eigenvalue weighted by Gasteiger charge is 2.43. The first-order chi connectivity index (χ1) is 11.1. The third-order valence-electron chi connectivity index (χ3n) is 4.59. The number of hydrogen-bond donors (Lipinski definition) is 0. The maximum atomic E-state index is 11.3. The molecule has 5 heteroatoms. The van der Waals surface area contributed by atoms with E-state index >= 15 is 0 Å². The van der Waals surface area contributed by atoms with E-state index in [1.54, 1.807) is 0 Å². The van der Waals surface area contributed by atoms with Crippen LogP contribution >= 0.6 is 11.6 Å². The van der Waals surface area contributed by atoms with Gasteiger partial charge in [0.05, 0.1) is 0 Å². The second-order valence-corrected chi connectivity index (χ2v) is 8.16. The molecule has 1 aromatic rings. The van der Waals surface area contributed by atoms with Gasteiger partial charge >= 0.3 is 5.97 Å². The lowest BCUT2D eigenvalue weighted by molar-refractivity contribution is -0.311. The molecule has 0 bridgehead atoms. The number of carbonyl (C=O) groups excluding carboxylic acids is 1. The highest BCUT2D eigenvalue weighted by molar-refractivity contribution is 6.30. The molecule has 0 saturated carbocycles. The first-order valence-corrected chi connectivity index (χ1v) is 8.85. The van der Waals surface area contributed by atoms with Gasteiger partial charge in [-0.25, -0.2) is 0 Å². The van der Waals surface area contributed by atoms with Gasteiger partial charge in [-0.15, -0.1) is 0 Å². The summed E-state index contributed by atoms with van der Waals surface area (Å²) in [5, 5.41) is 2.76. The highest BCUT2D eigenvalue weighted by atomic mass is 35.5. The van der Waals surface area contributed by atoms with Crippen LogP contribution in [0.3, 0.4) is 0 Å². The van der Waals surface area contributed by atoms with Crippen LogP contribution in [0.5, 0.6) is 0 Å². The van der Waals surface area contributed by atoms with Gasteiger partial charge in [0.2, 0.25) is 0 Å². The number of rotatable bonds is 5. The van der Waals surface area contributed by atoms with Gasteiger partial charge in [0.25, 0.3) is 0 Å². The number of esters is 1. The summed E-state index contributed by atoms with van der Waals surface area (Å²) in [5.41, 5.74) is 0.781. The van der Waals surface area contributed by atoms with Crippen LogP contribution in [0.25, 0.3) is 0 Å². The molecule has 1 heterocycles. The molecule has 0 spiro atoms. The molecule has 1 fully saturated rings. The molecular formula is C19H28ClNO3. The fourth-order valence-corrected chi connectivity index (χ4v) is 3.57. The first-order valence-electron chi connectivity index (χ1n) is 8.48. The fourth-order valence-electron chi connectivity index (χ4n) is 3.45. The van der Waals surface area contributed by atoms with Crippen molar-refractivity contribution in [2.75, 3.05) is 6.61 Å². The maximum absolute atomic E-state index is 11.3. The summed E-state index contributed by atoms with van der Waals surface area (Å²) in [6, 6.07) is 7.49. The molecule has 2 rings (SSSR count). The van der Waals surface area contributed by atoms with Crippen LogP contribution in [-0.2, 0) is 14.4 Å². The average Bonchev–Trinajstić information content (AvgIpc) is 2.46. The van der Waals surface area contributed by atoms with Crippen LogP contribution in [0.15, 0.2) is 24.3 Å². The van der Waals surface area contributed by atoms with Crippen molar-refractivity contribution in [1.82, 2.24) is 5.06 Å². The van der Waals surface area contributed by atoms with Gasteiger partial charge < -0.3 is 4.74 Å². The lowest BCUT2D eigenvalue weighted by Crippen LogP contribution is -2.58. The van der Waals surface area contributed by atoms with Crippen molar-refractivity contribution in [3.63, 3.8) is 0 Å². The van der Waals surface area contributed by atoms with E-state index in [9.17, 15) is 4.79 Å². The monoisotopic (exact) mass is 353 g/mol. The lowest BCUT2D eigenvalue weighted by atomic mass is 9.82. The molecule has 1 atom stereocenters. The number of hydrogen-bond acceptors (Lipinski definition) is 4. The first kappa shape index (κ1) is 19.2. The number of hydroxylamine groups is 2. The number of nitrogens with zero attached hydrogens (tertiary/aromatic N) is 1. The Kier molecular flexibility index (Phi) is 5.95. The van der Waals surface area contributed by atoms with Gasteiger partial charge in [0.15, 0.2) is 0 Å². The van der Waals surface area contributed by atoms with Crippen LogP contribution in [-0.4, -0.2) is 28.7 Å². The van der Waals surface area contributed by atoms with Crippen LogP contribution < -0.4 is 0 Å². The minimum Gasteiger partial charge on any atom is -0.463 e. The Balaban J connectivity index is 2.25. The number of ether oxygens (including phenoxy) is 1. The zero-order valence-corrected chi connectivity index (χ0v) is 16.0. The van der Waals surface area contributed by atoms with E-state index in [0.717, 1.165) is 18.4 Å². The molecule has 1 aromatic carbocycles. The summed E-state index contributed by atoms with van der Waals surface area (Å²) in [4.78, 5) is 17.7. The second-order valence-electron chi connectivity index (χ2n) is 7.72. The van der Waals surface area contributed by atoms with E-state index in [-0.39, 0.29) is 29.8 Å². The van der Waals surface area contributed by atoms with Crippen LogP contribution in [0, 0.1) is 0 Å². The molecule has 0 N–H and O–H groups in total. The molecule has 4 nitrogen and oxygen atoms in total. The number of piperidine rings is 1. The van der Waals surface area contributed by atoms with Crippen molar-refractivity contribution in [2.45, 2.75) is 71.1 Å². The Morgan fingerprint density at radius 1 is 1.17 bits per heavy atom. The largest absolute Gasteiger partial charge is 0.463 e. The molecule has 0 aromatic heterocycles. The number of halogens is 1. The third-order valence-corrected chi connectivity index (χ3v) is 4.84. The van der Waals surface area contributed by atoms with Crippen LogP contribution in [0.4, 0.5) is 0 Å². The van der Waals surface area contributed by atoms with Crippen molar-refractivity contribution in [3.05, 3.63) is 34.9 Å². The molecule has 1 saturated heterocycles. The van der Waals surface area contributed by atoms with E-state index in [0.29, 0.717) is 5.02 Å². The molecule has 0 amide bonds. The molecule has 1 aliphatic rings. The summed E-state index contributed by atoms with van der Waals surface area (Å²) in [6.45, 7) is 10.4. The Morgan fingerprint density at radius 2 is 1.71 bits per heavy atom. The smallest absolute Gasteiger partial charge is 0.302 e. The van der Waals surface area contributed by atoms with Gasteiger partial charge in [-0.05, 0) is 64.7 Å². The Morgan fingerprint density at radius 3 is 2.21 bits per heavy atom. The van der Waals surface area contributed by atoms with Crippen LogP contribution in [0.2, 0.25) is 5.02 Å². The Hall–Kier alpha value is -1.10. The van der Waals surface area contributed by atoms with E-state index in [1.807, 2.05) is 24.3 Å². The summed E-state index contributed by atoms with van der Waals surface area (Å²) in [5.74, 6) is -0.310. The second kappa shape index (κ2) is 7.42. The maximum Gasteiger partial charge on any atom is 0.302 e. The van der Waals surface area contributed by atoms with Crippen molar-refractivity contribution in [2.24, 2.45) is 0 Å². The molecule has 1 aliphatic heterocycles. The van der Waals surface area contributed by atoms with Crippen molar-refractivity contribution < 1.29 is 14.4 Å². The van der Waals surface area contributed by atoms with Crippen molar-refractivity contribution in [3.8, 4) is 0 Å². The summed E-state index contributed by atoms with van der Waals surface area (Å²) in [6.07, 6.45) is 2.95. The molecule has 24 heavy (non-hydrogen) atoms. The quantitative estimate of drug-likeness (QED) is 0.704. The number of carbonyl (C=O) groups is 1. The normalized spacial score (nSPS) is 21.2. The fraction of sp³-hybridized carbons (Fsp3) is 0.632. The number of benzene rings is 1. The molecule has 0 radical (unpaired) electrons. The van der Waals surface area contributed by atoms with Gasteiger partial charge in [-0.1, -0.05) is 23.7 Å². The van der Waals surface area contributed by atoms with Gasteiger partial charge in [0.1, 0.15) is 12.7 Å². The predicted octanol–water partition coefficient (Wildman–Crippen LogP) is 4.92. The van der Waals surface area contributed by atoms with E-state index < -0.39 is 0 Å². The van der Waals surface area contributed by atoms with Crippen LogP contribution in [0.1, 0.15) is 65.5 Å². The standard InChI is InChI=1S/C19H28ClNO3/c1-14(22)23-13-17(15-7-9-16(20)10-8-15)24-21-18(2,3)11-6-12-19(21,4)5/h7-10,17H,6,11-13H2,1-5H3/t17-/m0/s1. The van der Waals surface area contributed by atoms with Crippen molar-refractivity contribution in [1.29, 1.82) is 0 Å². The van der Waals surface area contributed by atoms with Gasteiger partial charge in [-0.2, -0.15) is 5.06 Å². The summed E-state index contributed by atoms with van der Waals surface area (Å²) >= 11 is 5.99. The molecule has 134 valence electrons. The van der Waals surface area contributed by atoms with Gasteiger partial charge in [0, 0.05) is 23.0 Å². The summed E-state index contributed by atoms with van der Waals surface area (Å²) in [7, 11) is 0. The Bertz CT molecular complexity index is 552. The topological polar surface area (TPSA) is 38.8 Å². The zero-order chi connectivity index (χ0) is 18.0. The molecular weight excluding hydrogens is 326 g/mol. The molecule has 0 aliphatic carbocycles. The van der Waals surface area contributed by atoms with E-state index in [2.05, 4.69) is 32.8 Å². The van der Waals surface area contributed by atoms with Crippen molar-refractivity contribution >= 4 is 17.6 Å². The third kappa shape index (κ3) is 4.71. The SMILES string of the molecule is CC(=O)OC[C@H](ON1C(C)(C)CCCC1(C)C)c1ccc(Cl)cc1. The molecule has 0 unspecified atom stereocenters. The minimum absolute atomic E-state index is 0.0807. The Labute approximate surface area is 150 Å². The lowest BCUT2D eigenvalue weighted by Gasteiger charge is -2.52. The predicted molar refractivity (Wildman–Crippen MR) is 95.8 cm³/mol. The zero-order valence-electron chi connectivity index (χ0n) is 15.3.